The zero-order valence-corrected chi connectivity index (χ0v) is 15.2. The number of nitrogens with zero attached hydrogens (tertiary/aromatic N) is 1. The van der Waals surface area contributed by atoms with Gasteiger partial charge in [-0.3, -0.25) is 4.79 Å². The van der Waals surface area contributed by atoms with E-state index in [1.165, 1.54) is 19.3 Å². The molecule has 1 saturated heterocycles. The van der Waals surface area contributed by atoms with Gasteiger partial charge >= 0.3 is 0 Å². The Morgan fingerprint density at radius 3 is 2.52 bits per heavy atom. The first-order valence-electron chi connectivity index (χ1n) is 8.63. The maximum Gasteiger partial charge on any atom is 0.228 e. The topological polar surface area (TPSA) is 41.6 Å². The van der Waals surface area contributed by atoms with E-state index in [1.807, 2.05) is 42.5 Å². The minimum absolute atomic E-state index is 0.0503. The van der Waals surface area contributed by atoms with Crippen molar-refractivity contribution < 1.29 is 9.53 Å². The second-order valence-electron chi connectivity index (χ2n) is 6.28. The molecule has 1 heterocycles. The predicted molar refractivity (Wildman–Crippen MR) is 103 cm³/mol. The molecule has 25 heavy (non-hydrogen) atoms. The van der Waals surface area contributed by atoms with Crippen LogP contribution < -0.4 is 15.0 Å². The summed E-state index contributed by atoms with van der Waals surface area (Å²) in [6.07, 6.45) is 3.95. The number of halogens is 1. The molecule has 132 valence electrons. The summed E-state index contributed by atoms with van der Waals surface area (Å²) in [5, 5.41) is 3.65. The second kappa shape index (κ2) is 8.26. The van der Waals surface area contributed by atoms with Crippen LogP contribution in [0.25, 0.3) is 0 Å². The first-order valence-corrected chi connectivity index (χ1v) is 9.01. The van der Waals surface area contributed by atoms with Crippen LogP contribution in [0.15, 0.2) is 42.5 Å². The molecule has 5 heteroatoms. The van der Waals surface area contributed by atoms with Crippen molar-refractivity contribution >= 4 is 28.9 Å². The van der Waals surface area contributed by atoms with Gasteiger partial charge in [-0.05, 0) is 55.2 Å². The fraction of sp³-hybridized carbons (Fsp3) is 0.350. The minimum Gasteiger partial charge on any atom is -0.497 e. The van der Waals surface area contributed by atoms with Crippen molar-refractivity contribution in [1.29, 1.82) is 0 Å². The van der Waals surface area contributed by atoms with E-state index in [4.69, 9.17) is 16.3 Å². The molecule has 0 aromatic heterocycles. The third kappa shape index (κ3) is 4.67. The van der Waals surface area contributed by atoms with Gasteiger partial charge in [-0.2, -0.15) is 0 Å². The molecule has 1 fully saturated rings. The highest BCUT2D eigenvalue weighted by Crippen LogP contribution is 2.31. The monoisotopic (exact) mass is 358 g/mol. The third-order valence-electron chi connectivity index (χ3n) is 4.45. The molecule has 1 amide bonds. The number of hydrogen-bond donors (Lipinski definition) is 1. The number of carbonyl (C=O) groups is 1. The Morgan fingerprint density at radius 1 is 1.12 bits per heavy atom. The number of hydrogen-bond acceptors (Lipinski definition) is 3. The Morgan fingerprint density at radius 2 is 1.84 bits per heavy atom. The third-order valence-corrected chi connectivity index (χ3v) is 4.69. The number of benzene rings is 2. The summed E-state index contributed by atoms with van der Waals surface area (Å²) in [4.78, 5) is 14.8. The van der Waals surface area contributed by atoms with Crippen LogP contribution in [0.2, 0.25) is 5.02 Å². The van der Waals surface area contributed by atoms with Gasteiger partial charge in [-0.25, -0.2) is 0 Å². The normalized spacial score (nSPS) is 14.2. The van der Waals surface area contributed by atoms with Crippen LogP contribution in [0.5, 0.6) is 5.75 Å². The molecule has 1 aliphatic heterocycles. The summed E-state index contributed by atoms with van der Waals surface area (Å²) in [6, 6.07) is 13.2. The number of nitrogens with one attached hydrogen (secondary N) is 1. The van der Waals surface area contributed by atoms with Gasteiger partial charge in [0.25, 0.3) is 0 Å². The summed E-state index contributed by atoms with van der Waals surface area (Å²) < 4.78 is 5.15. The van der Waals surface area contributed by atoms with Gasteiger partial charge in [-0.15, -0.1) is 0 Å². The van der Waals surface area contributed by atoms with Crippen LogP contribution in [0, 0.1) is 0 Å². The molecular formula is C20H23ClN2O2. The average Bonchev–Trinajstić information content (AvgIpc) is 2.63. The van der Waals surface area contributed by atoms with E-state index in [1.54, 1.807) is 7.11 Å². The molecule has 3 rings (SSSR count). The molecule has 1 aliphatic rings. The molecule has 0 aliphatic carbocycles. The first kappa shape index (κ1) is 17.6. The fourth-order valence-electron chi connectivity index (χ4n) is 3.14. The molecule has 0 saturated carbocycles. The number of carbonyl (C=O) groups excluding carboxylic acids is 1. The van der Waals surface area contributed by atoms with E-state index in [-0.39, 0.29) is 5.91 Å². The quantitative estimate of drug-likeness (QED) is 0.854. The Labute approximate surface area is 153 Å². The van der Waals surface area contributed by atoms with Gasteiger partial charge in [0.05, 0.1) is 24.9 Å². The Hall–Kier alpha value is -2.20. The lowest BCUT2D eigenvalue weighted by molar-refractivity contribution is -0.115. The molecule has 4 nitrogen and oxygen atoms in total. The highest BCUT2D eigenvalue weighted by atomic mass is 35.5. The van der Waals surface area contributed by atoms with Crippen molar-refractivity contribution in [1.82, 2.24) is 0 Å². The molecule has 0 atom stereocenters. The number of anilines is 2. The zero-order chi connectivity index (χ0) is 17.6. The summed E-state index contributed by atoms with van der Waals surface area (Å²) in [5.74, 6) is 0.733. The standard InChI is InChI=1S/C20H23ClN2O2/c1-25-17-8-5-15(6-9-17)13-20(24)22-18-14-16(21)7-10-19(18)23-11-3-2-4-12-23/h5-10,14H,2-4,11-13H2,1H3,(H,22,24). The van der Waals surface area contributed by atoms with Crippen LogP contribution in [-0.4, -0.2) is 26.1 Å². The maximum atomic E-state index is 12.5. The molecule has 0 spiro atoms. The zero-order valence-electron chi connectivity index (χ0n) is 14.4. The van der Waals surface area contributed by atoms with E-state index >= 15 is 0 Å². The first-order chi connectivity index (χ1) is 12.2. The molecule has 0 unspecified atom stereocenters. The number of methoxy groups -OCH3 is 1. The van der Waals surface area contributed by atoms with Crippen LogP contribution >= 0.6 is 11.6 Å². The van der Waals surface area contributed by atoms with Gasteiger partial charge in [0.15, 0.2) is 0 Å². The lowest BCUT2D eigenvalue weighted by Crippen LogP contribution is -2.30. The van der Waals surface area contributed by atoms with Crippen molar-refractivity contribution in [3.63, 3.8) is 0 Å². The van der Waals surface area contributed by atoms with Crippen molar-refractivity contribution in [2.24, 2.45) is 0 Å². The summed E-state index contributed by atoms with van der Waals surface area (Å²) in [5.41, 5.74) is 2.78. The molecule has 0 bridgehead atoms. The summed E-state index contributed by atoms with van der Waals surface area (Å²) in [6.45, 7) is 2.03. The molecule has 2 aromatic carbocycles. The van der Waals surface area contributed by atoms with Crippen molar-refractivity contribution in [2.45, 2.75) is 25.7 Å². The molecular weight excluding hydrogens is 336 g/mol. The molecule has 0 radical (unpaired) electrons. The van der Waals surface area contributed by atoms with Crippen molar-refractivity contribution in [3.05, 3.63) is 53.1 Å². The van der Waals surface area contributed by atoms with Gasteiger partial charge in [0.1, 0.15) is 5.75 Å². The van der Waals surface area contributed by atoms with Gasteiger partial charge in [0.2, 0.25) is 5.91 Å². The van der Waals surface area contributed by atoms with E-state index in [2.05, 4.69) is 10.2 Å². The smallest absolute Gasteiger partial charge is 0.228 e. The summed E-state index contributed by atoms with van der Waals surface area (Å²) in [7, 11) is 1.63. The van der Waals surface area contributed by atoms with Gasteiger partial charge in [-0.1, -0.05) is 23.7 Å². The van der Waals surface area contributed by atoms with Crippen LogP contribution in [0.1, 0.15) is 24.8 Å². The lowest BCUT2D eigenvalue weighted by atomic mass is 10.1. The SMILES string of the molecule is COc1ccc(CC(=O)Nc2cc(Cl)ccc2N2CCCCC2)cc1. The lowest BCUT2D eigenvalue weighted by Gasteiger charge is -2.30. The largest absolute Gasteiger partial charge is 0.497 e. The number of amides is 1. The summed E-state index contributed by atoms with van der Waals surface area (Å²) >= 11 is 6.15. The van der Waals surface area contributed by atoms with E-state index in [0.717, 1.165) is 35.8 Å². The Balaban J connectivity index is 1.72. The number of rotatable bonds is 5. The Kier molecular flexibility index (Phi) is 5.82. The molecule has 1 N–H and O–H groups in total. The van der Waals surface area contributed by atoms with E-state index < -0.39 is 0 Å². The second-order valence-corrected chi connectivity index (χ2v) is 6.72. The number of ether oxygens (including phenoxy) is 1. The predicted octanol–water partition coefficient (Wildman–Crippen LogP) is 4.52. The number of piperidine rings is 1. The highest BCUT2D eigenvalue weighted by Gasteiger charge is 2.16. The van der Waals surface area contributed by atoms with E-state index in [0.29, 0.717) is 11.4 Å². The average molecular weight is 359 g/mol. The van der Waals surface area contributed by atoms with Crippen LogP contribution in [0.3, 0.4) is 0 Å². The van der Waals surface area contributed by atoms with Crippen molar-refractivity contribution in [2.75, 3.05) is 30.4 Å². The fourth-order valence-corrected chi connectivity index (χ4v) is 3.31. The van der Waals surface area contributed by atoms with E-state index in [9.17, 15) is 4.79 Å². The molecule has 2 aromatic rings. The maximum absolute atomic E-state index is 12.5. The van der Waals surface area contributed by atoms with Crippen LogP contribution in [0.4, 0.5) is 11.4 Å². The highest BCUT2D eigenvalue weighted by molar-refractivity contribution is 6.31. The Bertz CT molecular complexity index is 725. The van der Waals surface area contributed by atoms with Crippen molar-refractivity contribution in [3.8, 4) is 5.75 Å². The van der Waals surface area contributed by atoms with Gasteiger partial charge in [0, 0.05) is 18.1 Å². The van der Waals surface area contributed by atoms with Crippen LogP contribution in [-0.2, 0) is 11.2 Å². The minimum atomic E-state index is -0.0503. The van der Waals surface area contributed by atoms with Gasteiger partial charge < -0.3 is 15.0 Å².